The molecule has 0 unspecified atom stereocenters. The number of aryl methyl sites for hydroxylation is 2. The molecule has 0 aliphatic heterocycles. The lowest BCUT2D eigenvalue weighted by atomic mass is 10.1. The SMILES string of the molecule is Cc1cccc(C(=O)NC(=S)Nc2cc(C)ccn2)c1. The van der Waals surface area contributed by atoms with E-state index in [-0.39, 0.29) is 11.0 Å². The van der Waals surface area contributed by atoms with E-state index in [9.17, 15) is 4.79 Å². The summed E-state index contributed by atoms with van der Waals surface area (Å²) in [6.07, 6.45) is 1.68. The Balaban J connectivity index is 1.99. The fourth-order valence-electron chi connectivity index (χ4n) is 1.71. The molecule has 0 spiro atoms. The van der Waals surface area contributed by atoms with Crippen LogP contribution in [-0.2, 0) is 0 Å². The highest BCUT2D eigenvalue weighted by Crippen LogP contribution is 2.06. The molecule has 2 N–H and O–H groups in total. The van der Waals surface area contributed by atoms with Crippen LogP contribution in [0.4, 0.5) is 5.82 Å². The third kappa shape index (κ3) is 3.86. The molecular weight excluding hydrogens is 270 g/mol. The molecule has 0 aliphatic rings. The highest BCUT2D eigenvalue weighted by atomic mass is 32.1. The van der Waals surface area contributed by atoms with E-state index in [2.05, 4.69) is 15.6 Å². The van der Waals surface area contributed by atoms with Crippen LogP contribution >= 0.6 is 12.2 Å². The van der Waals surface area contributed by atoms with Crippen molar-refractivity contribution >= 4 is 29.1 Å². The molecule has 2 rings (SSSR count). The number of anilines is 1. The van der Waals surface area contributed by atoms with E-state index in [4.69, 9.17) is 12.2 Å². The minimum Gasteiger partial charge on any atom is -0.317 e. The average Bonchev–Trinajstić information content (AvgIpc) is 2.38. The summed E-state index contributed by atoms with van der Waals surface area (Å²) in [5.41, 5.74) is 2.67. The maximum absolute atomic E-state index is 12.0. The van der Waals surface area contributed by atoms with Gasteiger partial charge >= 0.3 is 0 Å². The van der Waals surface area contributed by atoms with Crippen molar-refractivity contribution in [3.8, 4) is 0 Å². The van der Waals surface area contributed by atoms with Crippen LogP contribution in [-0.4, -0.2) is 16.0 Å². The van der Waals surface area contributed by atoms with Gasteiger partial charge in [-0.15, -0.1) is 0 Å². The van der Waals surface area contributed by atoms with Crippen LogP contribution in [0.15, 0.2) is 42.6 Å². The maximum Gasteiger partial charge on any atom is 0.257 e. The van der Waals surface area contributed by atoms with E-state index < -0.39 is 0 Å². The first-order valence-corrected chi connectivity index (χ1v) is 6.57. The van der Waals surface area contributed by atoms with Crippen molar-refractivity contribution in [2.75, 3.05) is 5.32 Å². The molecule has 1 heterocycles. The highest BCUT2D eigenvalue weighted by Gasteiger charge is 2.08. The number of thiocarbonyl (C=S) groups is 1. The summed E-state index contributed by atoms with van der Waals surface area (Å²) in [6, 6.07) is 11.1. The number of pyridine rings is 1. The lowest BCUT2D eigenvalue weighted by Gasteiger charge is -2.09. The molecule has 0 saturated heterocycles. The summed E-state index contributed by atoms with van der Waals surface area (Å²) < 4.78 is 0. The van der Waals surface area contributed by atoms with E-state index in [1.807, 2.05) is 44.2 Å². The molecule has 4 nitrogen and oxygen atoms in total. The van der Waals surface area contributed by atoms with Crippen LogP contribution in [0, 0.1) is 13.8 Å². The van der Waals surface area contributed by atoms with Gasteiger partial charge in [-0.05, 0) is 55.9 Å². The molecule has 1 amide bonds. The Bertz CT molecular complexity index is 655. The third-order valence-electron chi connectivity index (χ3n) is 2.66. The number of hydrogen-bond acceptors (Lipinski definition) is 3. The lowest BCUT2D eigenvalue weighted by Crippen LogP contribution is -2.34. The second-order valence-corrected chi connectivity index (χ2v) is 4.90. The number of rotatable bonds is 2. The molecular formula is C15H15N3OS. The Hall–Kier alpha value is -2.27. The van der Waals surface area contributed by atoms with Gasteiger partial charge in [0.1, 0.15) is 5.82 Å². The number of nitrogens with one attached hydrogen (secondary N) is 2. The second-order valence-electron chi connectivity index (χ2n) is 4.50. The van der Waals surface area contributed by atoms with Crippen molar-refractivity contribution in [2.24, 2.45) is 0 Å². The van der Waals surface area contributed by atoms with Crippen molar-refractivity contribution < 1.29 is 4.79 Å². The highest BCUT2D eigenvalue weighted by molar-refractivity contribution is 7.80. The molecule has 5 heteroatoms. The largest absolute Gasteiger partial charge is 0.317 e. The van der Waals surface area contributed by atoms with Gasteiger partial charge in [-0.1, -0.05) is 17.7 Å². The zero-order chi connectivity index (χ0) is 14.5. The van der Waals surface area contributed by atoms with E-state index in [0.717, 1.165) is 11.1 Å². The number of amides is 1. The van der Waals surface area contributed by atoms with Gasteiger partial charge in [0.15, 0.2) is 5.11 Å². The van der Waals surface area contributed by atoms with Crippen molar-refractivity contribution in [3.63, 3.8) is 0 Å². The topological polar surface area (TPSA) is 54.0 Å². The van der Waals surface area contributed by atoms with Gasteiger partial charge in [0.2, 0.25) is 0 Å². The number of hydrogen-bond donors (Lipinski definition) is 2. The minimum absolute atomic E-state index is 0.231. The van der Waals surface area contributed by atoms with Crippen molar-refractivity contribution in [2.45, 2.75) is 13.8 Å². The van der Waals surface area contributed by atoms with Crippen LogP contribution in [0.2, 0.25) is 0 Å². The van der Waals surface area contributed by atoms with Crippen LogP contribution in [0.1, 0.15) is 21.5 Å². The van der Waals surface area contributed by atoms with Gasteiger partial charge < -0.3 is 5.32 Å². The smallest absolute Gasteiger partial charge is 0.257 e. The van der Waals surface area contributed by atoms with Crippen LogP contribution in [0.25, 0.3) is 0 Å². The third-order valence-corrected chi connectivity index (χ3v) is 2.87. The normalized spacial score (nSPS) is 9.90. The average molecular weight is 285 g/mol. The molecule has 0 aliphatic carbocycles. The summed E-state index contributed by atoms with van der Waals surface area (Å²) in [6.45, 7) is 3.89. The zero-order valence-corrected chi connectivity index (χ0v) is 12.1. The van der Waals surface area contributed by atoms with E-state index in [0.29, 0.717) is 11.4 Å². The standard InChI is InChI=1S/C15H15N3OS/c1-10-4-3-5-12(8-10)14(19)18-15(20)17-13-9-11(2)6-7-16-13/h3-9H,1-2H3,(H2,16,17,18,19,20). The lowest BCUT2D eigenvalue weighted by molar-refractivity contribution is 0.0977. The Morgan fingerprint density at radius 1 is 1.15 bits per heavy atom. The van der Waals surface area contributed by atoms with E-state index >= 15 is 0 Å². The van der Waals surface area contributed by atoms with Crippen LogP contribution < -0.4 is 10.6 Å². The molecule has 0 radical (unpaired) electrons. The Kier molecular flexibility index (Phi) is 4.42. The van der Waals surface area contributed by atoms with Gasteiger partial charge in [-0.25, -0.2) is 4.98 Å². The second kappa shape index (κ2) is 6.25. The van der Waals surface area contributed by atoms with Gasteiger partial charge in [-0.3, -0.25) is 10.1 Å². The number of carbonyl (C=O) groups is 1. The fraction of sp³-hybridized carbons (Fsp3) is 0.133. The summed E-state index contributed by atoms with van der Waals surface area (Å²) in [5, 5.41) is 5.75. The first kappa shape index (κ1) is 14.1. The number of aromatic nitrogens is 1. The molecule has 0 saturated carbocycles. The van der Waals surface area contributed by atoms with Crippen molar-refractivity contribution in [1.29, 1.82) is 0 Å². The van der Waals surface area contributed by atoms with Gasteiger partial charge in [0.05, 0.1) is 0 Å². The summed E-state index contributed by atoms with van der Waals surface area (Å²) >= 11 is 5.11. The molecule has 102 valence electrons. The fourth-order valence-corrected chi connectivity index (χ4v) is 1.91. The quantitative estimate of drug-likeness (QED) is 0.833. The molecule has 1 aromatic carbocycles. The Morgan fingerprint density at radius 2 is 1.90 bits per heavy atom. The maximum atomic E-state index is 12.0. The number of benzene rings is 1. The van der Waals surface area contributed by atoms with Crippen molar-refractivity contribution in [3.05, 3.63) is 59.3 Å². The van der Waals surface area contributed by atoms with Gasteiger partial charge in [0.25, 0.3) is 5.91 Å². The minimum atomic E-state index is -0.237. The van der Waals surface area contributed by atoms with E-state index in [1.165, 1.54) is 0 Å². The molecule has 2 aromatic rings. The Labute approximate surface area is 123 Å². The molecule has 0 bridgehead atoms. The molecule has 20 heavy (non-hydrogen) atoms. The summed E-state index contributed by atoms with van der Waals surface area (Å²) in [7, 11) is 0. The number of carbonyl (C=O) groups excluding carboxylic acids is 1. The number of nitrogens with zero attached hydrogens (tertiary/aromatic N) is 1. The first-order valence-electron chi connectivity index (χ1n) is 6.16. The predicted octanol–water partition coefficient (Wildman–Crippen LogP) is 2.83. The zero-order valence-electron chi connectivity index (χ0n) is 11.3. The first-order chi connectivity index (χ1) is 9.54. The van der Waals surface area contributed by atoms with Gasteiger partial charge in [0, 0.05) is 11.8 Å². The molecule has 0 atom stereocenters. The van der Waals surface area contributed by atoms with E-state index in [1.54, 1.807) is 12.3 Å². The van der Waals surface area contributed by atoms with Crippen molar-refractivity contribution in [1.82, 2.24) is 10.3 Å². The predicted molar refractivity (Wildman–Crippen MR) is 83.8 cm³/mol. The summed E-state index contributed by atoms with van der Waals surface area (Å²) in [5.74, 6) is 0.374. The molecule has 0 fully saturated rings. The molecule has 1 aromatic heterocycles. The summed E-state index contributed by atoms with van der Waals surface area (Å²) in [4.78, 5) is 16.1. The van der Waals surface area contributed by atoms with Crippen LogP contribution in [0.5, 0.6) is 0 Å². The van der Waals surface area contributed by atoms with Crippen LogP contribution in [0.3, 0.4) is 0 Å². The monoisotopic (exact) mass is 285 g/mol. The van der Waals surface area contributed by atoms with Gasteiger partial charge in [-0.2, -0.15) is 0 Å². The Morgan fingerprint density at radius 3 is 2.60 bits per heavy atom.